The minimum Gasteiger partial charge on any atom is -0.369 e. The van der Waals surface area contributed by atoms with Gasteiger partial charge < -0.3 is 4.90 Å². The molecule has 1 saturated heterocycles. The lowest BCUT2D eigenvalue weighted by molar-refractivity contribution is -0.120. The Bertz CT molecular complexity index is 642. The molecule has 0 spiro atoms. The van der Waals surface area contributed by atoms with E-state index in [1.54, 1.807) is 30.6 Å². The maximum atomic E-state index is 13.8. The van der Waals surface area contributed by atoms with Crippen LogP contribution in [0.1, 0.15) is 12.8 Å². The molecule has 0 unspecified atom stereocenters. The van der Waals surface area contributed by atoms with E-state index >= 15 is 0 Å². The number of benzene rings is 1. The van der Waals surface area contributed by atoms with Crippen molar-refractivity contribution in [1.82, 2.24) is 9.97 Å². The quantitative estimate of drug-likeness (QED) is 0.946. The number of halogens is 1. The van der Waals surface area contributed by atoms with Crippen LogP contribution in [0.3, 0.4) is 0 Å². The van der Waals surface area contributed by atoms with Gasteiger partial charge in [-0.05, 0) is 31.0 Å². The van der Waals surface area contributed by atoms with Gasteiger partial charge in [0.2, 0.25) is 11.9 Å². The normalized spacial score (nSPS) is 15.6. The summed E-state index contributed by atoms with van der Waals surface area (Å²) in [7, 11) is 0. The molecule has 0 saturated carbocycles. The Labute approximate surface area is 128 Å². The molecule has 114 valence electrons. The lowest BCUT2D eigenvalue weighted by atomic mass is 9.95. The van der Waals surface area contributed by atoms with E-state index in [-0.39, 0.29) is 17.6 Å². The smallest absolute Gasteiger partial charge is 0.229 e. The van der Waals surface area contributed by atoms with Gasteiger partial charge in [0, 0.05) is 31.4 Å². The van der Waals surface area contributed by atoms with Gasteiger partial charge >= 0.3 is 0 Å². The van der Waals surface area contributed by atoms with Crippen molar-refractivity contribution in [3.8, 4) is 0 Å². The third kappa shape index (κ3) is 3.21. The van der Waals surface area contributed by atoms with Crippen molar-refractivity contribution in [3.63, 3.8) is 0 Å². The minimum atomic E-state index is -0.219. The maximum absolute atomic E-state index is 13.8. The van der Waals surface area contributed by atoms with Gasteiger partial charge in [0.15, 0.2) is 0 Å². The highest BCUT2D eigenvalue weighted by molar-refractivity contribution is 5.91. The zero-order valence-corrected chi connectivity index (χ0v) is 12.1. The van der Waals surface area contributed by atoms with Crippen molar-refractivity contribution in [2.45, 2.75) is 12.8 Å². The molecular formula is C16H17FN4O. The first-order chi connectivity index (χ1) is 10.7. The van der Waals surface area contributed by atoms with Gasteiger partial charge in [-0.25, -0.2) is 14.4 Å². The third-order valence-electron chi connectivity index (χ3n) is 3.86. The number of carbonyl (C=O) groups is 1. The first-order valence-corrected chi connectivity index (χ1v) is 7.31. The average Bonchev–Trinajstić information content (AvgIpc) is 2.56. The van der Waals surface area contributed by atoms with Crippen molar-refractivity contribution in [2.24, 2.45) is 5.92 Å². The number of nitrogens with zero attached hydrogens (tertiary/aromatic N) is 3. The molecule has 1 aromatic heterocycles. The van der Waals surface area contributed by atoms with Crippen molar-refractivity contribution in [1.29, 1.82) is 0 Å². The van der Waals surface area contributed by atoms with E-state index < -0.39 is 0 Å². The molecule has 1 amide bonds. The Morgan fingerprint density at radius 3 is 2.50 bits per heavy atom. The number of nitrogens with one attached hydrogen (secondary N) is 1. The number of hydrogen-bond acceptors (Lipinski definition) is 4. The van der Waals surface area contributed by atoms with Crippen LogP contribution in [-0.2, 0) is 4.79 Å². The van der Waals surface area contributed by atoms with Crippen molar-refractivity contribution >= 4 is 17.5 Å². The SMILES string of the molecule is O=C(Nc1ncccn1)C1CCN(c2ccccc2F)CC1. The van der Waals surface area contributed by atoms with Crippen LogP contribution in [0, 0.1) is 11.7 Å². The van der Waals surface area contributed by atoms with E-state index in [4.69, 9.17) is 0 Å². The van der Waals surface area contributed by atoms with Gasteiger partial charge in [-0.3, -0.25) is 10.1 Å². The summed E-state index contributed by atoms with van der Waals surface area (Å²) in [6.45, 7) is 1.32. The van der Waals surface area contributed by atoms with Crippen molar-refractivity contribution in [3.05, 3.63) is 48.5 Å². The van der Waals surface area contributed by atoms with Gasteiger partial charge in [0.05, 0.1) is 5.69 Å². The van der Waals surface area contributed by atoms with E-state index in [9.17, 15) is 9.18 Å². The topological polar surface area (TPSA) is 58.1 Å². The number of aromatic nitrogens is 2. The largest absolute Gasteiger partial charge is 0.369 e. The molecular weight excluding hydrogens is 283 g/mol. The minimum absolute atomic E-state index is 0.0700. The molecule has 3 rings (SSSR count). The number of anilines is 2. The highest BCUT2D eigenvalue weighted by Gasteiger charge is 2.26. The molecule has 1 aliphatic heterocycles. The van der Waals surface area contributed by atoms with Crippen LogP contribution >= 0.6 is 0 Å². The first-order valence-electron chi connectivity index (χ1n) is 7.31. The van der Waals surface area contributed by atoms with E-state index in [1.807, 2.05) is 11.0 Å². The van der Waals surface area contributed by atoms with Crippen LogP contribution in [0.5, 0.6) is 0 Å². The van der Waals surface area contributed by atoms with Crippen LogP contribution in [0.25, 0.3) is 0 Å². The highest BCUT2D eigenvalue weighted by atomic mass is 19.1. The predicted molar refractivity (Wildman–Crippen MR) is 82.0 cm³/mol. The van der Waals surface area contributed by atoms with Crippen LogP contribution in [-0.4, -0.2) is 29.0 Å². The number of piperidine rings is 1. The summed E-state index contributed by atoms with van der Waals surface area (Å²) < 4.78 is 13.8. The lowest BCUT2D eigenvalue weighted by Crippen LogP contribution is -2.38. The molecule has 1 aliphatic rings. The Hall–Kier alpha value is -2.50. The molecule has 1 N–H and O–H groups in total. The molecule has 0 aliphatic carbocycles. The number of para-hydroxylation sites is 1. The third-order valence-corrected chi connectivity index (χ3v) is 3.86. The highest BCUT2D eigenvalue weighted by Crippen LogP contribution is 2.25. The van der Waals surface area contributed by atoms with Gasteiger partial charge in [0.25, 0.3) is 0 Å². The molecule has 1 aromatic carbocycles. The van der Waals surface area contributed by atoms with Crippen LogP contribution in [0.15, 0.2) is 42.7 Å². The number of hydrogen-bond donors (Lipinski definition) is 1. The summed E-state index contributed by atoms with van der Waals surface area (Å²) >= 11 is 0. The van der Waals surface area contributed by atoms with E-state index in [0.717, 1.165) is 0 Å². The zero-order valence-electron chi connectivity index (χ0n) is 12.1. The van der Waals surface area contributed by atoms with E-state index in [2.05, 4.69) is 15.3 Å². The summed E-state index contributed by atoms with van der Waals surface area (Å²) in [6, 6.07) is 8.43. The summed E-state index contributed by atoms with van der Waals surface area (Å²) in [5.74, 6) is -0.0571. The Kier molecular flexibility index (Phi) is 4.27. The molecule has 22 heavy (non-hydrogen) atoms. The second-order valence-electron chi connectivity index (χ2n) is 5.27. The van der Waals surface area contributed by atoms with Crippen molar-refractivity contribution < 1.29 is 9.18 Å². The van der Waals surface area contributed by atoms with Crippen molar-refractivity contribution in [2.75, 3.05) is 23.3 Å². The molecule has 1 fully saturated rings. The molecule has 0 bridgehead atoms. The second kappa shape index (κ2) is 6.51. The summed E-state index contributed by atoms with van der Waals surface area (Å²) in [6.07, 6.45) is 4.55. The molecule has 2 aromatic rings. The fraction of sp³-hybridized carbons (Fsp3) is 0.312. The predicted octanol–water partition coefficient (Wildman–Crippen LogP) is 2.47. The summed E-state index contributed by atoms with van der Waals surface area (Å²) in [5, 5.41) is 2.72. The number of amides is 1. The molecule has 5 nitrogen and oxygen atoms in total. The number of carbonyl (C=O) groups excluding carboxylic acids is 1. The zero-order chi connectivity index (χ0) is 15.4. The van der Waals surface area contributed by atoms with Gasteiger partial charge in [0.1, 0.15) is 5.82 Å². The van der Waals surface area contributed by atoms with Crippen LogP contribution < -0.4 is 10.2 Å². The Morgan fingerprint density at radius 2 is 1.82 bits per heavy atom. The summed E-state index contributed by atoms with van der Waals surface area (Å²) in [4.78, 5) is 22.1. The molecule has 0 atom stereocenters. The monoisotopic (exact) mass is 300 g/mol. The fourth-order valence-corrected chi connectivity index (χ4v) is 2.67. The lowest BCUT2D eigenvalue weighted by Gasteiger charge is -2.33. The van der Waals surface area contributed by atoms with Gasteiger partial charge in [-0.15, -0.1) is 0 Å². The van der Waals surface area contributed by atoms with E-state index in [1.165, 1.54) is 6.07 Å². The Morgan fingerprint density at radius 1 is 1.14 bits per heavy atom. The average molecular weight is 300 g/mol. The van der Waals surface area contributed by atoms with Crippen LogP contribution in [0.4, 0.5) is 16.0 Å². The van der Waals surface area contributed by atoms with Gasteiger partial charge in [-0.1, -0.05) is 12.1 Å². The molecule has 0 radical (unpaired) electrons. The van der Waals surface area contributed by atoms with Gasteiger partial charge in [-0.2, -0.15) is 0 Å². The second-order valence-corrected chi connectivity index (χ2v) is 5.27. The number of rotatable bonds is 3. The summed E-state index contributed by atoms with van der Waals surface area (Å²) in [5.41, 5.74) is 0.604. The van der Waals surface area contributed by atoms with Crippen LogP contribution in [0.2, 0.25) is 0 Å². The fourth-order valence-electron chi connectivity index (χ4n) is 2.67. The van der Waals surface area contributed by atoms with E-state index in [0.29, 0.717) is 37.6 Å². The standard InChI is InChI=1S/C16H17FN4O/c17-13-4-1-2-5-14(13)21-10-6-12(7-11-21)15(22)20-16-18-8-3-9-19-16/h1-5,8-9,12H,6-7,10-11H2,(H,18,19,20,22). The molecule has 2 heterocycles. The first kappa shape index (κ1) is 14.4. The Balaban J connectivity index is 1.58. The maximum Gasteiger partial charge on any atom is 0.229 e. The molecule has 6 heteroatoms.